The minimum atomic E-state index is -2.50. The third-order valence-corrected chi connectivity index (χ3v) is 29.3. The van der Waals surface area contributed by atoms with Crippen molar-refractivity contribution in [3.63, 3.8) is 0 Å². The van der Waals surface area contributed by atoms with Crippen LogP contribution in [0.25, 0.3) is 0 Å². The monoisotopic (exact) mass is 666 g/mol. The number of hydrogen-bond acceptors (Lipinski definition) is 1. The average Bonchev–Trinajstić information content (AvgIpc) is 2.95. The summed E-state index contributed by atoms with van der Waals surface area (Å²) in [5.74, 6) is 6.86. The van der Waals surface area contributed by atoms with Gasteiger partial charge in [-0.05, 0) is 0 Å². The van der Waals surface area contributed by atoms with Gasteiger partial charge in [-0.1, -0.05) is 36.4 Å². The van der Waals surface area contributed by atoms with Gasteiger partial charge in [-0.25, -0.2) is 0 Å². The number of hydrogen-bond donors (Lipinski definition) is 0. The van der Waals surface area contributed by atoms with Crippen LogP contribution in [0.2, 0.25) is 22.8 Å². The zero-order valence-electron chi connectivity index (χ0n) is 27.0. The summed E-state index contributed by atoms with van der Waals surface area (Å²) < 4.78 is 13.2. The molecule has 0 amide bonds. The molecule has 2 rings (SSSR count). The van der Waals surface area contributed by atoms with Gasteiger partial charge in [0.1, 0.15) is 0 Å². The molecule has 220 valence electrons. The molecule has 40 heavy (non-hydrogen) atoms. The van der Waals surface area contributed by atoms with Crippen LogP contribution in [0.4, 0.5) is 0 Å². The summed E-state index contributed by atoms with van der Waals surface area (Å²) in [6, 6.07) is 21.7. The Morgan fingerprint density at radius 2 is 1.25 bits per heavy atom. The first-order valence-electron chi connectivity index (χ1n) is 16.1. The number of allylic oxidation sites excluding steroid dienone is 2. The Hall–Kier alpha value is -1.28. The van der Waals surface area contributed by atoms with E-state index < -0.39 is 26.7 Å². The molecule has 0 bridgehead atoms. The number of rotatable bonds is 17. The van der Waals surface area contributed by atoms with Crippen molar-refractivity contribution in [2.24, 2.45) is 0 Å². The van der Waals surface area contributed by atoms with E-state index in [-0.39, 0.29) is 5.04 Å². The average molecular weight is 666 g/mol. The van der Waals surface area contributed by atoms with Crippen molar-refractivity contribution >= 4 is 37.1 Å². The van der Waals surface area contributed by atoms with Crippen LogP contribution in [-0.2, 0) is 4.43 Å². The summed E-state index contributed by atoms with van der Waals surface area (Å²) in [5, 5.41) is 2.62. The van der Waals surface area contributed by atoms with Gasteiger partial charge in [-0.2, -0.15) is 0 Å². The maximum atomic E-state index is 6.93. The molecule has 0 aliphatic rings. The topological polar surface area (TPSA) is 9.23 Å². The van der Waals surface area contributed by atoms with E-state index in [0.717, 1.165) is 12.8 Å². The molecule has 0 aromatic heterocycles. The molecule has 0 spiro atoms. The fraction of sp³-hybridized carbons (Fsp3) is 0.568. The van der Waals surface area contributed by atoms with Gasteiger partial charge in [0.25, 0.3) is 0 Å². The predicted molar refractivity (Wildman–Crippen MR) is 184 cm³/mol. The second-order valence-corrected chi connectivity index (χ2v) is 31.0. The molecule has 0 heterocycles. The van der Waals surface area contributed by atoms with Crippen molar-refractivity contribution in [3.05, 3.63) is 72.3 Å². The number of unbranched alkanes of at least 4 members (excludes halogenated alkanes) is 4. The van der Waals surface area contributed by atoms with Crippen molar-refractivity contribution in [2.45, 2.75) is 123 Å². The maximum absolute atomic E-state index is 6.93. The minimum absolute atomic E-state index is 0.0110. The third-order valence-electron chi connectivity index (χ3n) is 8.50. The molecule has 2 aromatic carbocycles. The zero-order chi connectivity index (χ0) is 29.3. The van der Waals surface area contributed by atoms with Crippen LogP contribution in [0.5, 0.6) is 0 Å². The first-order chi connectivity index (χ1) is 19.2. The standard InChI is InChI=1S/C25H31OSi.3C4H9.Sn/c1-22(2)16-10-6-7-15-21-26-27(25(3,4)5,23-17-11-8-12-18-23)24-19-13-9-14-20-24;3*1-3-4-2;/h8-9,11-14,16-20H,1,6,10,21H2,2-5H3;3*1,3-4H2,2H3;/b22-16-;;;;. The summed E-state index contributed by atoms with van der Waals surface area (Å²) in [5.41, 5.74) is 1.66. The van der Waals surface area contributed by atoms with Gasteiger partial charge in [0.15, 0.2) is 0 Å². The zero-order valence-corrected chi connectivity index (χ0v) is 30.8. The van der Waals surface area contributed by atoms with E-state index in [9.17, 15) is 0 Å². The van der Waals surface area contributed by atoms with Crippen molar-refractivity contribution < 1.29 is 4.43 Å². The molecule has 0 radical (unpaired) electrons. The quantitative estimate of drug-likeness (QED) is 0.0708. The normalized spacial score (nSPS) is 12.7. The van der Waals surface area contributed by atoms with Gasteiger partial charge in [0, 0.05) is 0 Å². The molecule has 0 saturated carbocycles. The van der Waals surface area contributed by atoms with Crippen molar-refractivity contribution in [2.75, 3.05) is 6.61 Å². The molecule has 0 aliphatic carbocycles. The molecule has 0 aliphatic heterocycles. The summed E-state index contributed by atoms with van der Waals surface area (Å²) in [7, 11) is -2.50. The first-order valence-corrected chi connectivity index (χ1v) is 26.1. The SMILES string of the molecule is CCC[CH2][Sn]([CH2]CCC)([CH2]CCC)[CH2]/C(C)=C/CCC#CCO[Si](c1ccccc1)(c1ccccc1)C(C)(C)C. The van der Waals surface area contributed by atoms with Crippen molar-refractivity contribution in [1.29, 1.82) is 0 Å². The molecule has 0 N–H and O–H groups in total. The Labute approximate surface area is 253 Å². The molecule has 2 aromatic rings. The van der Waals surface area contributed by atoms with Gasteiger partial charge in [-0.3, -0.25) is 0 Å². The van der Waals surface area contributed by atoms with Gasteiger partial charge in [-0.15, -0.1) is 0 Å². The van der Waals surface area contributed by atoms with Crippen LogP contribution in [-0.4, -0.2) is 33.3 Å². The van der Waals surface area contributed by atoms with Crippen LogP contribution < -0.4 is 10.4 Å². The molecular weight excluding hydrogens is 607 g/mol. The summed E-state index contributed by atoms with van der Waals surface area (Å²) in [6.45, 7) is 17.0. The Morgan fingerprint density at radius 1 is 0.775 bits per heavy atom. The Bertz CT molecular complexity index is 981. The van der Waals surface area contributed by atoms with E-state index >= 15 is 0 Å². The van der Waals surface area contributed by atoms with E-state index in [0.29, 0.717) is 6.61 Å². The van der Waals surface area contributed by atoms with E-state index in [4.69, 9.17) is 4.43 Å². The van der Waals surface area contributed by atoms with Crippen LogP contribution in [0.3, 0.4) is 0 Å². The van der Waals surface area contributed by atoms with Gasteiger partial charge in [0.2, 0.25) is 0 Å². The van der Waals surface area contributed by atoms with Crippen LogP contribution in [0, 0.1) is 11.8 Å². The van der Waals surface area contributed by atoms with Crippen LogP contribution in [0.1, 0.15) is 99.8 Å². The molecule has 1 nitrogen and oxygen atoms in total. The fourth-order valence-electron chi connectivity index (χ4n) is 6.40. The fourth-order valence-corrected chi connectivity index (χ4v) is 27.7. The van der Waals surface area contributed by atoms with E-state index in [1.807, 2.05) is 0 Å². The van der Waals surface area contributed by atoms with Crippen molar-refractivity contribution in [1.82, 2.24) is 0 Å². The Kier molecular flexibility index (Phi) is 16.0. The summed E-state index contributed by atoms with van der Waals surface area (Å²) in [4.78, 5) is 0. The van der Waals surface area contributed by atoms with Gasteiger partial charge >= 0.3 is 218 Å². The Morgan fingerprint density at radius 3 is 1.68 bits per heavy atom. The van der Waals surface area contributed by atoms with E-state index in [2.05, 4.69) is 127 Å². The second-order valence-electron chi connectivity index (χ2n) is 12.9. The van der Waals surface area contributed by atoms with E-state index in [1.165, 1.54) is 53.3 Å². The van der Waals surface area contributed by atoms with E-state index in [1.54, 1.807) is 18.9 Å². The molecule has 0 saturated heterocycles. The van der Waals surface area contributed by atoms with Crippen LogP contribution in [0.15, 0.2) is 72.3 Å². The van der Waals surface area contributed by atoms with Crippen molar-refractivity contribution in [3.8, 4) is 11.8 Å². The Balaban J connectivity index is 2.09. The van der Waals surface area contributed by atoms with Crippen LogP contribution >= 0.6 is 0 Å². The van der Waals surface area contributed by atoms with Gasteiger partial charge in [0.05, 0.1) is 0 Å². The molecule has 3 heteroatoms. The van der Waals surface area contributed by atoms with Gasteiger partial charge < -0.3 is 0 Å². The molecule has 0 fully saturated rings. The third kappa shape index (κ3) is 10.5. The predicted octanol–water partition coefficient (Wildman–Crippen LogP) is 10.1. The summed E-state index contributed by atoms with van der Waals surface area (Å²) >= 11 is -2.11. The number of benzene rings is 2. The molecular formula is C37H58OSiSn. The molecule has 0 atom stereocenters. The second kappa shape index (κ2) is 18.3. The summed E-state index contributed by atoms with van der Waals surface area (Å²) in [6.07, 6.45) is 12.9. The first kappa shape index (κ1) is 34.9. The molecule has 0 unspecified atom stereocenters.